The summed E-state index contributed by atoms with van der Waals surface area (Å²) in [6.07, 6.45) is 4.91. The highest BCUT2D eigenvalue weighted by molar-refractivity contribution is 5.97. The van der Waals surface area contributed by atoms with E-state index in [1.165, 1.54) is 5.56 Å². The van der Waals surface area contributed by atoms with Gasteiger partial charge in [-0.15, -0.1) is 0 Å². The maximum absolute atomic E-state index is 13.0. The number of hydrogen-bond acceptors (Lipinski definition) is 3. The molecule has 1 aliphatic heterocycles. The van der Waals surface area contributed by atoms with E-state index in [4.69, 9.17) is 4.74 Å². The molecule has 23 heavy (non-hydrogen) atoms. The van der Waals surface area contributed by atoms with Crippen LogP contribution in [0.5, 0.6) is 0 Å². The molecule has 5 heteroatoms. The maximum Gasteiger partial charge on any atom is 0.256 e. The zero-order valence-electron chi connectivity index (χ0n) is 13.7. The van der Waals surface area contributed by atoms with Crippen LogP contribution >= 0.6 is 0 Å². The molecule has 122 valence electrons. The average molecular weight is 313 g/mol. The molecule has 1 aliphatic rings. The van der Waals surface area contributed by atoms with Gasteiger partial charge in [0.15, 0.2) is 0 Å². The Morgan fingerprint density at radius 2 is 2.17 bits per heavy atom. The molecule has 0 unspecified atom stereocenters. The molecule has 0 aliphatic carbocycles. The summed E-state index contributed by atoms with van der Waals surface area (Å²) in [5.41, 5.74) is 2.18. The monoisotopic (exact) mass is 313 g/mol. The molecule has 0 saturated carbocycles. The number of ether oxygens (including phenoxy) is 1. The second-order valence-corrected chi connectivity index (χ2v) is 5.77. The normalized spacial score (nSPS) is 18.5. The molecule has 1 aromatic heterocycles. The number of benzene rings is 1. The smallest absolute Gasteiger partial charge is 0.256 e. The van der Waals surface area contributed by atoms with Gasteiger partial charge in [0.05, 0.1) is 6.04 Å². The second-order valence-electron chi connectivity index (χ2n) is 5.77. The highest BCUT2D eigenvalue weighted by Gasteiger charge is 2.32. The van der Waals surface area contributed by atoms with E-state index in [1.54, 1.807) is 6.20 Å². The molecule has 0 spiro atoms. The van der Waals surface area contributed by atoms with Crippen LogP contribution in [0.3, 0.4) is 0 Å². The molecule has 0 saturated heterocycles. The van der Waals surface area contributed by atoms with E-state index < -0.39 is 0 Å². The number of carbonyl (C=O) groups excluding carboxylic acids is 1. The van der Waals surface area contributed by atoms with Crippen molar-refractivity contribution >= 4 is 11.6 Å². The van der Waals surface area contributed by atoms with Gasteiger partial charge in [-0.25, -0.2) is 0 Å². The van der Waals surface area contributed by atoms with Crippen LogP contribution in [0.25, 0.3) is 0 Å². The number of nitrogens with zero attached hydrogens (tertiary/aromatic N) is 3. The number of fused-ring (bicyclic) bond motifs is 1. The minimum absolute atomic E-state index is 0.0404. The van der Waals surface area contributed by atoms with Crippen LogP contribution in [0.15, 0.2) is 42.7 Å². The first-order valence-electron chi connectivity index (χ1n) is 8.24. The Morgan fingerprint density at radius 1 is 1.35 bits per heavy atom. The van der Waals surface area contributed by atoms with Gasteiger partial charge in [0.1, 0.15) is 6.10 Å². The highest BCUT2D eigenvalue weighted by atomic mass is 16.5. The van der Waals surface area contributed by atoms with Gasteiger partial charge in [0, 0.05) is 31.2 Å². The first-order chi connectivity index (χ1) is 11.2. The summed E-state index contributed by atoms with van der Waals surface area (Å²) in [5.74, 6) is 0.0404. The maximum atomic E-state index is 13.0. The minimum Gasteiger partial charge on any atom is -0.369 e. The largest absolute Gasteiger partial charge is 0.369 e. The topological polar surface area (TPSA) is 47.4 Å². The van der Waals surface area contributed by atoms with E-state index in [1.807, 2.05) is 53.9 Å². The van der Waals surface area contributed by atoms with Gasteiger partial charge in [-0.05, 0) is 37.5 Å². The number of carbonyl (C=O) groups is 1. The van der Waals surface area contributed by atoms with Crippen molar-refractivity contribution in [1.29, 1.82) is 0 Å². The fraction of sp³-hybridized carbons (Fsp3) is 0.444. The summed E-state index contributed by atoms with van der Waals surface area (Å²) >= 11 is 0. The molecule has 3 rings (SSSR count). The lowest BCUT2D eigenvalue weighted by molar-refractivity contribution is -0.130. The van der Waals surface area contributed by atoms with Crippen molar-refractivity contribution < 1.29 is 9.53 Å². The first kappa shape index (κ1) is 15.7. The molecule has 0 fully saturated rings. The number of anilines is 1. The third-order valence-electron chi connectivity index (χ3n) is 4.31. The van der Waals surface area contributed by atoms with Gasteiger partial charge in [-0.2, -0.15) is 5.10 Å². The van der Waals surface area contributed by atoms with Gasteiger partial charge in [-0.1, -0.05) is 25.1 Å². The van der Waals surface area contributed by atoms with Crippen LogP contribution in [-0.4, -0.2) is 34.9 Å². The number of para-hydroxylation sites is 1. The van der Waals surface area contributed by atoms with Crippen LogP contribution in [0.2, 0.25) is 0 Å². The van der Waals surface area contributed by atoms with Crippen molar-refractivity contribution in [2.45, 2.75) is 38.8 Å². The SMILES string of the molecule is CCO[C@@H](CC)C(=O)N1C[C@H](n2cccn2)Cc2ccccc21. The molecule has 0 radical (unpaired) electrons. The minimum atomic E-state index is -0.385. The van der Waals surface area contributed by atoms with Crippen molar-refractivity contribution in [1.82, 2.24) is 9.78 Å². The van der Waals surface area contributed by atoms with E-state index in [-0.39, 0.29) is 18.1 Å². The summed E-state index contributed by atoms with van der Waals surface area (Å²) in [4.78, 5) is 14.8. The van der Waals surface area contributed by atoms with Crippen molar-refractivity contribution in [3.8, 4) is 0 Å². The van der Waals surface area contributed by atoms with Gasteiger partial charge in [0.2, 0.25) is 0 Å². The lowest BCUT2D eigenvalue weighted by atomic mass is 9.97. The number of rotatable bonds is 5. The Bertz CT molecular complexity index is 654. The molecule has 0 bridgehead atoms. The molecule has 1 aromatic carbocycles. The highest BCUT2D eigenvalue weighted by Crippen LogP contribution is 2.32. The van der Waals surface area contributed by atoms with Gasteiger partial charge in [-0.3, -0.25) is 9.48 Å². The lowest BCUT2D eigenvalue weighted by Crippen LogP contribution is -2.46. The summed E-state index contributed by atoms with van der Waals surface area (Å²) in [5, 5.41) is 4.36. The van der Waals surface area contributed by atoms with E-state index in [9.17, 15) is 4.79 Å². The van der Waals surface area contributed by atoms with Crippen LogP contribution in [0.1, 0.15) is 31.9 Å². The quantitative estimate of drug-likeness (QED) is 0.853. The third-order valence-corrected chi connectivity index (χ3v) is 4.31. The van der Waals surface area contributed by atoms with E-state index in [0.29, 0.717) is 19.6 Å². The second kappa shape index (κ2) is 6.96. The molecular weight excluding hydrogens is 290 g/mol. The molecule has 2 atom stereocenters. The van der Waals surface area contributed by atoms with Crippen LogP contribution in [0.4, 0.5) is 5.69 Å². The van der Waals surface area contributed by atoms with Crippen molar-refractivity contribution in [3.63, 3.8) is 0 Å². The third kappa shape index (κ3) is 3.15. The summed E-state index contributed by atoms with van der Waals surface area (Å²) in [7, 11) is 0. The predicted octanol–water partition coefficient (Wildman–Crippen LogP) is 2.83. The van der Waals surface area contributed by atoms with Crippen molar-refractivity contribution in [3.05, 3.63) is 48.3 Å². The van der Waals surface area contributed by atoms with E-state index in [2.05, 4.69) is 11.2 Å². The Hall–Kier alpha value is -2.14. The van der Waals surface area contributed by atoms with E-state index in [0.717, 1.165) is 12.1 Å². The van der Waals surface area contributed by atoms with Crippen molar-refractivity contribution in [2.75, 3.05) is 18.1 Å². The molecule has 1 amide bonds. The lowest BCUT2D eigenvalue weighted by Gasteiger charge is -2.36. The molecule has 2 heterocycles. The number of aromatic nitrogens is 2. The van der Waals surface area contributed by atoms with Crippen LogP contribution in [-0.2, 0) is 16.0 Å². The molecule has 2 aromatic rings. The fourth-order valence-electron chi connectivity index (χ4n) is 3.20. The van der Waals surface area contributed by atoms with Gasteiger partial charge >= 0.3 is 0 Å². The molecule has 5 nitrogen and oxygen atoms in total. The fourth-order valence-corrected chi connectivity index (χ4v) is 3.20. The Balaban J connectivity index is 1.92. The Kier molecular flexibility index (Phi) is 4.76. The number of hydrogen-bond donors (Lipinski definition) is 0. The summed E-state index contributed by atoms with van der Waals surface area (Å²) in [6, 6.07) is 10.2. The predicted molar refractivity (Wildman–Crippen MR) is 89.5 cm³/mol. The first-order valence-corrected chi connectivity index (χ1v) is 8.24. The van der Waals surface area contributed by atoms with Crippen LogP contribution in [0, 0.1) is 0 Å². The van der Waals surface area contributed by atoms with Crippen LogP contribution < -0.4 is 4.90 Å². The zero-order chi connectivity index (χ0) is 16.2. The average Bonchev–Trinajstić information content (AvgIpc) is 3.12. The van der Waals surface area contributed by atoms with E-state index >= 15 is 0 Å². The zero-order valence-corrected chi connectivity index (χ0v) is 13.7. The Labute approximate surface area is 136 Å². The molecular formula is C18H23N3O2. The Morgan fingerprint density at radius 3 is 2.87 bits per heavy atom. The summed E-state index contributed by atoms with van der Waals surface area (Å²) in [6.45, 7) is 5.08. The van der Waals surface area contributed by atoms with Gasteiger partial charge in [0.25, 0.3) is 5.91 Å². The standard InChI is InChI=1S/C18H23N3O2/c1-3-17(23-4-2)18(22)20-13-15(21-11-7-10-19-21)12-14-8-5-6-9-16(14)20/h5-11,15,17H,3-4,12-13H2,1-2H3/t15-,17+/m1/s1. The number of amides is 1. The summed E-state index contributed by atoms with van der Waals surface area (Å²) < 4.78 is 7.58. The van der Waals surface area contributed by atoms with Gasteiger partial charge < -0.3 is 9.64 Å². The van der Waals surface area contributed by atoms with Crippen molar-refractivity contribution in [2.24, 2.45) is 0 Å². The molecule has 0 N–H and O–H groups in total.